The summed E-state index contributed by atoms with van der Waals surface area (Å²) in [6.07, 6.45) is 1.93. The van der Waals surface area contributed by atoms with E-state index in [1.54, 1.807) is 19.1 Å². The molecule has 8 heteroatoms. The van der Waals surface area contributed by atoms with Gasteiger partial charge in [0.05, 0.1) is 26.5 Å². The van der Waals surface area contributed by atoms with E-state index in [4.69, 9.17) is 9.47 Å². The van der Waals surface area contributed by atoms with Crippen LogP contribution < -0.4 is 14.8 Å². The summed E-state index contributed by atoms with van der Waals surface area (Å²) in [7, 11) is 3.19. The molecule has 4 rings (SSSR count). The van der Waals surface area contributed by atoms with Crippen LogP contribution in [0.2, 0.25) is 0 Å². The highest BCUT2D eigenvalue weighted by Gasteiger charge is 2.32. The van der Waals surface area contributed by atoms with E-state index in [0.717, 1.165) is 16.8 Å². The molecule has 1 aliphatic rings. The lowest BCUT2D eigenvalue weighted by Crippen LogP contribution is -2.54. The van der Waals surface area contributed by atoms with Crippen molar-refractivity contribution in [1.82, 2.24) is 25.2 Å². The van der Waals surface area contributed by atoms with E-state index < -0.39 is 0 Å². The van der Waals surface area contributed by atoms with Crippen molar-refractivity contribution in [1.29, 1.82) is 0 Å². The van der Waals surface area contributed by atoms with Gasteiger partial charge in [-0.05, 0) is 17.7 Å². The van der Waals surface area contributed by atoms with E-state index in [2.05, 4.69) is 15.6 Å². The lowest BCUT2D eigenvalue weighted by molar-refractivity contribution is 0.117. The molecule has 1 aliphatic heterocycles. The number of ether oxygens (including phenoxy) is 2. The fourth-order valence-corrected chi connectivity index (χ4v) is 3.26. The fraction of sp³-hybridized carbons (Fsp3) is 0.286. The summed E-state index contributed by atoms with van der Waals surface area (Å²) in [5, 5.41) is 11.4. The number of benzene rings is 2. The zero-order chi connectivity index (χ0) is 20.2. The van der Waals surface area contributed by atoms with Crippen molar-refractivity contribution in [2.45, 2.75) is 12.6 Å². The number of nitrogens with zero attached hydrogens (tertiary/aromatic N) is 4. The topological polar surface area (TPSA) is 81.5 Å². The average Bonchev–Trinajstić information content (AvgIpc) is 3.21. The Bertz CT molecular complexity index is 983. The third kappa shape index (κ3) is 4.01. The Balaban J connectivity index is 1.29. The van der Waals surface area contributed by atoms with E-state index in [9.17, 15) is 4.79 Å². The van der Waals surface area contributed by atoms with Gasteiger partial charge in [0.2, 0.25) is 0 Å². The Morgan fingerprint density at radius 3 is 2.59 bits per heavy atom. The Labute approximate surface area is 169 Å². The number of hydrogen-bond acceptors (Lipinski definition) is 5. The maximum atomic E-state index is 12.4. The molecule has 8 nitrogen and oxygen atoms in total. The van der Waals surface area contributed by atoms with Gasteiger partial charge in [0.25, 0.3) is 0 Å². The monoisotopic (exact) mass is 393 g/mol. The standard InChI is InChI=1S/C21H23N5O3/c1-28-19-9-8-15(10-20(19)29-2)11-22-21(27)25-12-17(13-25)26-14-18(23-24-26)16-6-4-3-5-7-16/h3-10,14,17H,11-13H2,1-2H3,(H,22,27). The molecule has 0 saturated carbocycles. The number of methoxy groups -OCH3 is 2. The van der Waals surface area contributed by atoms with Crippen molar-refractivity contribution in [3.8, 4) is 22.8 Å². The first-order valence-corrected chi connectivity index (χ1v) is 9.39. The number of hydrogen-bond donors (Lipinski definition) is 1. The van der Waals surface area contributed by atoms with Crippen LogP contribution in [0.25, 0.3) is 11.3 Å². The van der Waals surface area contributed by atoms with Gasteiger partial charge in [-0.15, -0.1) is 5.10 Å². The number of urea groups is 1. The largest absolute Gasteiger partial charge is 0.493 e. The molecule has 2 amide bonds. The number of amides is 2. The van der Waals surface area contributed by atoms with Gasteiger partial charge in [-0.25, -0.2) is 9.48 Å². The summed E-state index contributed by atoms with van der Waals surface area (Å²) < 4.78 is 12.4. The molecule has 29 heavy (non-hydrogen) atoms. The number of likely N-dealkylation sites (tertiary alicyclic amines) is 1. The molecular formula is C21H23N5O3. The first kappa shape index (κ1) is 18.8. The first-order valence-electron chi connectivity index (χ1n) is 9.39. The van der Waals surface area contributed by atoms with Gasteiger partial charge in [0, 0.05) is 25.2 Å². The highest BCUT2D eigenvalue weighted by atomic mass is 16.5. The van der Waals surface area contributed by atoms with Crippen LogP contribution in [0.4, 0.5) is 4.79 Å². The normalized spacial score (nSPS) is 13.7. The summed E-state index contributed by atoms with van der Waals surface area (Å²) in [6.45, 7) is 1.63. The van der Waals surface area contributed by atoms with Gasteiger partial charge in [-0.3, -0.25) is 0 Å². The van der Waals surface area contributed by atoms with Gasteiger partial charge >= 0.3 is 6.03 Å². The van der Waals surface area contributed by atoms with Gasteiger partial charge in [0.1, 0.15) is 5.69 Å². The van der Waals surface area contributed by atoms with Crippen molar-refractivity contribution in [3.63, 3.8) is 0 Å². The van der Waals surface area contributed by atoms with Gasteiger partial charge < -0.3 is 19.7 Å². The minimum Gasteiger partial charge on any atom is -0.493 e. The third-order valence-electron chi connectivity index (χ3n) is 5.00. The SMILES string of the molecule is COc1ccc(CNC(=O)N2CC(n3cc(-c4ccccc4)nn3)C2)cc1OC. The van der Waals surface area contributed by atoms with Crippen LogP contribution in [0, 0.1) is 0 Å². The molecule has 0 radical (unpaired) electrons. The molecule has 3 aromatic rings. The van der Waals surface area contributed by atoms with Crippen molar-refractivity contribution in [2.75, 3.05) is 27.3 Å². The van der Waals surface area contributed by atoms with E-state index in [-0.39, 0.29) is 12.1 Å². The highest BCUT2D eigenvalue weighted by molar-refractivity contribution is 5.75. The van der Waals surface area contributed by atoms with Crippen LogP contribution in [0.1, 0.15) is 11.6 Å². The average molecular weight is 393 g/mol. The zero-order valence-corrected chi connectivity index (χ0v) is 16.4. The summed E-state index contributed by atoms with van der Waals surface area (Å²) in [5.41, 5.74) is 2.81. The minimum absolute atomic E-state index is 0.0977. The lowest BCUT2D eigenvalue weighted by atomic mass is 10.1. The van der Waals surface area contributed by atoms with Crippen molar-refractivity contribution >= 4 is 6.03 Å². The molecule has 1 N–H and O–H groups in total. The van der Waals surface area contributed by atoms with E-state index in [0.29, 0.717) is 31.1 Å². The molecule has 0 atom stereocenters. The minimum atomic E-state index is -0.0977. The van der Waals surface area contributed by atoms with Crippen LogP contribution >= 0.6 is 0 Å². The molecule has 0 aliphatic carbocycles. The molecule has 1 aromatic heterocycles. The zero-order valence-electron chi connectivity index (χ0n) is 16.4. The van der Waals surface area contributed by atoms with Crippen molar-refractivity contribution in [2.24, 2.45) is 0 Å². The van der Waals surface area contributed by atoms with Crippen LogP contribution in [-0.4, -0.2) is 53.2 Å². The van der Waals surface area contributed by atoms with Crippen molar-refractivity contribution in [3.05, 3.63) is 60.3 Å². The third-order valence-corrected chi connectivity index (χ3v) is 5.00. The summed E-state index contributed by atoms with van der Waals surface area (Å²) in [5.74, 6) is 1.31. The Morgan fingerprint density at radius 2 is 1.86 bits per heavy atom. The number of nitrogens with one attached hydrogen (secondary N) is 1. The molecule has 2 aromatic carbocycles. The number of carbonyl (C=O) groups is 1. The smallest absolute Gasteiger partial charge is 0.317 e. The molecule has 0 bridgehead atoms. The van der Waals surface area contributed by atoms with E-state index in [1.165, 1.54) is 0 Å². The summed E-state index contributed by atoms with van der Waals surface area (Å²) in [4.78, 5) is 14.2. The molecule has 1 saturated heterocycles. The maximum Gasteiger partial charge on any atom is 0.317 e. The second-order valence-electron chi connectivity index (χ2n) is 6.86. The van der Waals surface area contributed by atoms with Gasteiger partial charge in [0.15, 0.2) is 11.5 Å². The molecule has 1 fully saturated rings. The fourth-order valence-electron chi connectivity index (χ4n) is 3.26. The predicted octanol–water partition coefficient (Wildman–Crippen LogP) is 2.73. The Morgan fingerprint density at radius 1 is 1.10 bits per heavy atom. The predicted molar refractivity (Wildman–Crippen MR) is 108 cm³/mol. The second kappa shape index (κ2) is 8.22. The molecule has 150 valence electrons. The van der Waals surface area contributed by atoms with Crippen LogP contribution in [0.3, 0.4) is 0 Å². The summed E-state index contributed by atoms with van der Waals surface area (Å²) >= 11 is 0. The number of carbonyl (C=O) groups excluding carboxylic acids is 1. The van der Waals surface area contributed by atoms with Crippen LogP contribution in [0.15, 0.2) is 54.7 Å². The molecular weight excluding hydrogens is 370 g/mol. The molecule has 0 unspecified atom stereocenters. The van der Waals surface area contributed by atoms with E-state index >= 15 is 0 Å². The molecule has 0 spiro atoms. The van der Waals surface area contributed by atoms with Gasteiger partial charge in [-0.1, -0.05) is 41.6 Å². The highest BCUT2D eigenvalue weighted by Crippen LogP contribution is 2.28. The number of rotatable bonds is 6. The number of aromatic nitrogens is 3. The lowest BCUT2D eigenvalue weighted by Gasteiger charge is -2.38. The quantitative estimate of drug-likeness (QED) is 0.696. The van der Waals surface area contributed by atoms with Crippen LogP contribution in [0.5, 0.6) is 11.5 Å². The Hall–Kier alpha value is -3.55. The van der Waals surface area contributed by atoms with Crippen LogP contribution in [-0.2, 0) is 6.54 Å². The first-order chi connectivity index (χ1) is 14.2. The van der Waals surface area contributed by atoms with Crippen molar-refractivity contribution < 1.29 is 14.3 Å². The maximum absolute atomic E-state index is 12.4. The summed E-state index contributed by atoms with van der Waals surface area (Å²) in [6, 6.07) is 15.6. The van der Waals surface area contributed by atoms with Gasteiger partial charge in [-0.2, -0.15) is 0 Å². The van der Waals surface area contributed by atoms with E-state index in [1.807, 2.05) is 59.4 Å². The second-order valence-corrected chi connectivity index (χ2v) is 6.86. The molecule has 2 heterocycles. The Kier molecular flexibility index (Phi) is 5.33.